The van der Waals surface area contributed by atoms with Crippen LogP contribution in [0.25, 0.3) is 0 Å². The zero-order valence-corrected chi connectivity index (χ0v) is 11.2. The molecule has 0 aromatic rings. The van der Waals surface area contributed by atoms with Crippen molar-refractivity contribution < 1.29 is 23.9 Å². The number of rotatable bonds is 3. The van der Waals surface area contributed by atoms with E-state index in [2.05, 4.69) is 0 Å². The molecule has 1 saturated carbocycles. The summed E-state index contributed by atoms with van der Waals surface area (Å²) in [6.45, 7) is 3.63. The van der Waals surface area contributed by atoms with Gasteiger partial charge in [0.25, 0.3) is 0 Å². The third kappa shape index (κ3) is 2.69. The molecule has 0 N–H and O–H groups in total. The average molecular weight is 266 g/mol. The summed E-state index contributed by atoms with van der Waals surface area (Å²) in [5.41, 5.74) is 0.533. The van der Waals surface area contributed by atoms with Gasteiger partial charge in [0.2, 0.25) is 0 Å². The highest BCUT2D eigenvalue weighted by atomic mass is 16.6. The van der Waals surface area contributed by atoms with Gasteiger partial charge in [-0.3, -0.25) is 9.59 Å². The predicted molar refractivity (Wildman–Crippen MR) is 66.1 cm³/mol. The normalized spacial score (nSPS) is 30.8. The van der Waals surface area contributed by atoms with Gasteiger partial charge in [-0.15, -0.1) is 0 Å². The molecule has 0 aromatic heterocycles. The second-order valence-electron chi connectivity index (χ2n) is 4.97. The Morgan fingerprint density at radius 2 is 2.21 bits per heavy atom. The molecular weight excluding hydrogens is 248 g/mol. The van der Waals surface area contributed by atoms with Crippen molar-refractivity contribution in [1.82, 2.24) is 0 Å². The lowest BCUT2D eigenvalue weighted by Crippen LogP contribution is -2.41. The summed E-state index contributed by atoms with van der Waals surface area (Å²) >= 11 is 0. The smallest absolute Gasteiger partial charge is 0.334 e. The molecule has 0 bridgehead atoms. The molecule has 0 saturated heterocycles. The first-order chi connectivity index (χ1) is 9.04. The van der Waals surface area contributed by atoms with Crippen LogP contribution in [0.5, 0.6) is 0 Å². The Morgan fingerprint density at radius 3 is 2.79 bits per heavy atom. The van der Waals surface area contributed by atoms with Gasteiger partial charge in [-0.25, -0.2) is 4.79 Å². The molecule has 104 valence electrons. The van der Waals surface area contributed by atoms with E-state index in [-0.39, 0.29) is 24.3 Å². The van der Waals surface area contributed by atoms with E-state index in [1.165, 1.54) is 0 Å². The Balaban J connectivity index is 2.19. The van der Waals surface area contributed by atoms with Gasteiger partial charge in [0.15, 0.2) is 0 Å². The number of Topliss-reactive ketones (excluding diaryl/α,β-unsaturated/α-hetero) is 1. The van der Waals surface area contributed by atoms with Gasteiger partial charge in [-0.1, -0.05) is 0 Å². The van der Waals surface area contributed by atoms with Gasteiger partial charge in [0, 0.05) is 17.9 Å². The predicted octanol–water partition coefficient (Wildman–Crippen LogP) is 1.41. The highest BCUT2D eigenvalue weighted by Gasteiger charge is 2.44. The number of cyclic esters (lactones) is 1. The number of ketones is 1. The van der Waals surface area contributed by atoms with Crippen molar-refractivity contribution in [2.24, 2.45) is 11.8 Å². The second kappa shape index (κ2) is 5.55. The van der Waals surface area contributed by atoms with E-state index in [0.29, 0.717) is 18.4 Å². The lowest BCUT2D eigenvalue weighted by Gasteiger charge is -2.31. The molecule has 1 aliphatic carbocycles. The molecule has 0 radical (unpaired) electrons. The molecule has 5 heteroatoms. The standard InChI is InChI=1S/C14H18O5/c1-3-18-14(17)12-9(5-4-6-10(12)15)11-7-8(2)13(16)19-11/h7,9,11-12H,3-6H2,1-2H3/t9-,11-,12?/m1/s1. The first kappa shape index (κ1) is 13.8. The minimum Gasteiger partial charge on any atom is -0.465 e. The molecule has 1 heterocycles. The fourth-order valence-electron chi connectivity index (χ4n) is 2.74. The molecule has 2 aliphatic rings. The fraction of sp³-hybridized carbons (Fsp3) is 0.643. The van der Waals surface area contributed by atoms with Crippen LogP contribution in [0.4, 0.5) is 0 Å². The maximum absolute atomic E-state index is 12.0. The number of hydrogen-bond donors (Lipinski definition) is 0. The quantitative estimate of drug-likeness (QED) is 0.570. The van der Waals surface area contributed by atoms with Crippen molar-refractivity contribution in [2.45, 2.75) is 39.2 Å². The third-order valence-corrected chi connectivity index (χ3v) is 3.68. The van der Waals surface area contributed by atoms with E-state index in [1.54, 1.807) is 19.9 Å². The Kier molecular flexibility index (Phi) is 4.02. The van der Waals surface area contributed by atoms with E-state index in [4.69, 9.17) is 9.47 Å². The van der Waals surface area contributed by atoms with E-state index >= 15 is 0 Å². The van der Waals surface area contributed by atoms with Gasteiger partial charge in [0.05, 0.1) is 6.61 Å². The van der Waals surface area contributed by atoms with Crippen LogP contribution in [0, 0.1) is 11.8 Å². The second-order valence-corrected chi connectivity index (χ2v) is 4.97. The molecule has 2 rings (SSSR count). The summed E-state index contributed by atoms with van der Waals surface area (Å²) in [5.74, 6) is -2.06. The zero-order chi connectivity index (χ0) is 14.0. The van der Waals surface area contributed by atoms with Gasteiger partial charge in [-0.2, -0.15) is 0 Å². The summed E-state index contributed by atoms with van der Waals surface area (Å²) in [6, 6.07) is 0. The summed E-state index contributed by atoms with van der Waals surface area (Å²) in [7, 11) is 0. The monoisotopic (exact) mass is 266 g/mol. The van der Waals surface area contributed by atoms with E-state index in [1.807, 2.05) is 0 Å². The molecular formula is C14H18O5. The molecule has 0 spiro atoms. The number of ether oxygens (including phenoxy) is 2. The van der Waals surface area contributed by atoms with Gasteiger partial charge in [0.1, 0.15) is 17.8 Å². The van der Waals surface area contributed by atoms with Gasteiger partial charge in [-0.05, 0) is 32.8 Å². The van der Waals surface area contributed by atoms with Crippen molar-refractivity contribution >= 4 is 17.7 Å². The molecule has 19 heavy (non-hydrogen) atoms. The van der Waals surface area contributed by atoms with Crippen LogP contribution >= 0.6 is 0 Å². The van der Waals surface area contributed by atoms with Crippen LogP contribution < -0.4 is 0 Å². The minimum atomic E-state index is -0.798. The first-order valence-corrected chi connectivity index (χ1v) is 6.63. The maximum atomic E-state index is 12.0. The fourth-order valence-corrected chi connectivity index (χ4v) is 2.74. The van der Waals surface area contributed by atoms with E-state index < -0.39 is 18.0 Å². The SMILES string of the molecule is CCOC(=O)C1C(=O)CCC[C@@H]1[C@H]1C=C(C)C(=O)O1. The Morgan fingerprint density at radius 1 is 1.47 bits per heavy atom. The van der Waals surface area contributed by atoms with Crippen LogP contribution in [0.2, 0.25) is 0 Å². The lowest BCUT2D eigenvalue weighted by atomic mass is 9.75. The topological polar surface area (TPSA) is 69.7 Å². The Hall–Kier alpha value is -1.65. The molecule has 3 atom stereocenters. The van der Waals surface area contributed by atoms with Gasteiger partial charge >= 0.3 is 11.9 Å². The van der Waals surface area contributed by atoms with Crippen molar-refractivity contribution in [3.8, 4) is 0 Å². The zero-order valence-electron chi connectivity index (χ0n) is 11.2. The van der Waals surface area contributed by atoms with Crippen molar-refractivity contribution in [3.05, 3.63) is 11.6 Å². The summed E-state index contributed by atoms with van der Waals surface area (Å²) in [4.78, 5) is 35.3. The van der Waals surface area contributed by atoms with E-state index in [0.717, 1.165) is 6.42 Å². The minimum absolute atomic E-state index is 0.108. The summed E-state index contributed by atoms with van der Waals surface area (Å²) in [6.07, 6.45) is 3.03. The van der Waals surface area contributed by atoms with Crippen molar-refractivity contribution in [2.75, 3.05) is 6.61 Å². The van der Waals surface area contributed by atoms with Crippen LogP contribution in [0.3, 0.4) is 0 Å². The molecule has 5 nitrogen and oxygen atoms in total. The highest BCUT2D eigenvalue weighted by molar-refractivity contribution is 6.00. The largest absolute Gasteiger partial charge is 0.465 e. The summed E-state index contributed by atoms with van der Waals surface area (Å²) in [5, 5.41) is 0. The molecule has 1 aliphatic heterocycles. The van der Waals surface area contributed by atoms with Crippen LogP contribution in [-0.4, -0.2) is 30.4 Å². The average Bonchev–Trinajstić information content (AvgIpc) is 2.69. The van der Waals surface area contributed by atoms with Crippen molar-refractivity contribution in [1.29, 1.82) is 0 Å². The van der Waals surface area contributed by atoms with Crippen LogP contribution in [-0.2, 0) is 23.9 Å². The lowest BCUT2D eigenvalue weighted by molar-refractivity contribution is -0.160. The molecule has 0 amide bonds. The van der Waals surface area contributed by atoms with E-state index in [9.17, 15) is 14.4 Å². The maximum Gasteiger partial charge on any atom is 0.334 e. The number of carbonyl (C=O) groups is 3. The number of esters is 2. The van der Waals surface area contributed by atoms with Gasteiger partial charge < -0.3 is 9.47 Å². The Bertz CT molecular complexity index is 437. The number of hydrogen-bond acceptors (Lipinski definition) is 5. The summed E-state index contributed by atoms with van der Waals surface area (Å²) < 4.78 is 10.2. The highest BCUT2D eigenvalue weighted by Crippen LogP contribution is 2.35. The molecule has 0 aromatic carbocycles. The first-order valence-electron chi connectivity index (χ1n) is 6.63. The molecule has 1 unspecified atom stereocenters. The van der Waals surface area contributed by atoms with Crippen LogP contribution in [0.15, 0.2) is 11.6 Å². The third-order valence-electron chi connectivity index (χ3n) is 3.68. The van der Waals surface area contributed by atoms with Crippen LogP contribution in [0.1, 0.15) is 33.1 Å². The van der Waals surface area contributed by atoms with Crippen molar-refractivity contribution in [3.63, 3.8) is 0 Å². The number of carbonyl (C=O) groups excluding carboxylic acids is 3. The Labute approximate surface area is 111 Å². The molecule has 1 fully saturated rings.